The number of non-ortho nitro benzene ring substituents is 1. The number of rotatable bonds is 8. The zero-order valence-corrected chi connectivity index (χ0v) is 16.3. The van der Waals surface area contributed by atoms with Crippen molar-refractivity contribution in [3.8, 4) is 0 Å². The Morgan fingerprint density at radius 2 is 2.11 bits per heavy atom. The van der Waals surface area contributed by atoms with Crippen molar-refractivity contribution in [3.05, 3.63) is 64.2 Å². The molecule has 1 amide bonds. The smallest absolute Gasteiger partial charge is 0.271 e. The largest absolute Gasteiger partial charge is 0.354 e. The number of anilines is 1. The third-order valence-corrected chi connectivity index (χ3v) is 5.14. The van der Waals surface area contributed by atoms with Gasteiger partial charge in [0.25, 0.3) is 5.69 Å². The van der Waals surface area contributed by atoms with Crippen molar-refractivity contribution < 1.29 is 9.72 Å². The molecule has 0 radical (unpaired) electrons. The normalized spacial score (nSPS) is 10.8. The highest BCUT2D eigenvalue weighted by Gasteiger charge is 2.15. The first-order chi connectivity index (χ1) is 13.5. The lowest BCUT2D eigenvalue weighted by Gasteiger charge is -2.08. The molecule has 0 spiro atoms. The molecule has 3 aromatic rings. The fourth-order valence-corrected chi connectivity index (χ4v) is 3.56. The molecule has 0 unspecified atom stereocenters. The SMILES string of the molecule is CCn1c(Cc2cccn2C)nnc1SCC(=O)Nc1cccc([N+](=O)[O-])c1. The van der Waals surface area contributed by atoms with E-state index in [9.17, 15) is 14.9 Å². The van der Waals surface area contributed by atoms with Crippen molar-refractivity contribution in [2.24, 2.45) is 7.05 Å². The van der Waals surface area contributed by atoms with Crippen molar-refractivity contribution in [2.75, 3.05) is 11.1 Å². The van der Waals surface area contributed by atoms with Crippen LogP contribution in [0, 0.1) is 10.1 Å². The highest BCUT2D eigenvalue weighted by molar-refractivity contribution is 7.99. The van der Waals surface area contributed by atoms with E-state index in [-0.39, 0.29) is 17.3 Å². The van der Waals surface area contributed by atoms with E-state index in [1.54, 1.807) is 6.07 Å². The van der Waals surface area contributed by atoms with E-state index in [0.717, 1.165) is 11.5 Å². The Hall–Kier alpha value is -3.14. The summed E-state index contributed by atoms with van der Waals surface area (Å²) >= 11 is 1.28. The van der Waals surface area contributed by atoms with Crippen molar-refractivity contribution in [3.63, 3.8) is 0 Å². The van der Waals surface area contributed by atoms with E-state index in [1.807, 2.05) is 41.4 Å². The molecular formula is C18H20N6O3S. The van der Waals surface area contributed by atoms with Crippen LogP contribution in [0.2, 0.25) is 0 Å². The molecule has 0 aliphatic carbocycles. The molecule has 0 aliphatic heterocycles. The quantitative estimate of drug-likeness (QED) is 0.354. The number of aryl methyl sites for hydroxylation is 1. The summed E-state index contributed by atoms with van der Waals surface area (Å²) in [4.78, 5) is 22.5. The van der Waals surface area contributed by atoms with Gasteiger partial charge >= 0.3 is 0 Å². The van der Waals surface area contributed by atoms with Crippen molar-refractivity contribution in [1.29, 1.82) is 0 Å². The number of hydrogen-bond acceptors (Lipinski definition) is 6. The van der Waals surface area contributed by atoms with Gasteiger partial charge in [-0.2, -0.15) is 0 Å². The number of nitrogens with zero attached hydrogens (tertiary/aromatic N) is 5. The van der Waals surface area contributed by atoms with Gasteiger partial charge in [0.2, 0.25) is 5.91 Å². The van der Waals surface area contributed by atoms with Crippen LogP contribution in [-0.4, -0.2) is 35.9 Å². The van der Waals surface area contributed by atoms with Crippen molar-refractivity contribution in [2.45, 2.75) is 25.0 Å². The van der Waals surface area contributed by atoms with Gasteiger partial charge in [0.15, 0.2) is 5.16 Å². The van der Waals surface area contributed by atoms with Crippen LogP contribution < -0.4 is 5.32 Å². The molecule has 0 fully saturated rings. The van der Waals surface area contributed by atoms with E-state index in [4.69, 9.17) is 0 Å². The maximum atomic E-state index is 12.2. The zero-order chi connectivity index (χ0) is 20.1. The van der Waals surface area contributed by atoms with Crippen molar-refractivity contribution in [1.82, 2.24) is 19.3 Å². The molecule has 146 valence electrons. The monoisotopic (exact) mass is 400 g/mol. The lowest BCUT2D eigenvalue weighted by atomic mass is 10.3. The highest BCUT2D eigenvalue weighted by Crippen LogP contribution is 2.21. The molecule has 9 nitrogen and oxygen atoms in total. The number of carbonyl (C=O) groups is 1. The van der Waals surface area contributed by atoms with Gasteiger partial charge in [0.1, 0.15) is 5.82 Å². The Morgan fingerprint density at radius 3 is 2.79 bits per heavy atom. The fourth-order valence-electron chi connectivity index (χ4n) is 2.74. The maximum absolute atomic E-state index is 12.2. The second-order valence-corrected chi connectivity index (χ2v) is 7.02. The van der Waals surface area contributed by atoms with Gasteiger partial charge in [-0.25, -0.2) is 0 Å². The first-order valence-corrected chi connectivity index (χ1v) is 9.66. The molecule has 1 N–H and O–H groups in total. The molecule has 0 saturated heterocycles. The summed E-state index contributed by atoms with van der Waals surface area (Å²) in [6, 6.07) is 9.87. The second kappa shape index (κ2) is 8.70. The third kappa shape index (κ3) is 4.58. The van der Waals surface area contributed by atoms with E-state index in [0.29, 0.717) is 23.8 Å². The van der Waals surface area contributed by atoms with Gasteiger partial charge in [0, 0.05) is 49.7 Å². The number of benzene rings is 1. The molecule has 1 aromatic carbocycles. The summed E-state index contributed by atoms with van der Waals surface area (Å²) in [7, 11) is 1.98. The predicted molar refractivity (Wildman–Crippen MR) is 106 cm³/mol. The van der Waals surface area contributed by atoms with E-state index in [1.165, 1.54) is 30.0 Å². The van der Waals surface area contributed by atoms with Gasteiger partial charge < -0.3 is 14.5 Å². The van der Waals surface area contributed by atoms with Crippen LogP contribution in [0.1, 0.15) is 18.4 Å². The molecule has 0 aliphatic rings. The summed E-state index contributed by atoms with van der Waals surface area (Å²) in [5.74, 6) is 0.705. The van der Waals surface area contributed by atoms with Gasteiger partial charge in [-0.3, -0.25) is 14.9 Å². The molecule has 10 heteroatoms. The number of nitrogens with one attached hydrogen (secondary N) is 1. The van der Waals surface area contributed by atoms with Crippen LogP contribution in [0.3, 0.4) is 0 Å². The summed E-state index contributed by atoms with van der Waals surface area (Å²) < 4.78 is 4.02. The lowest BCUT2D eigenvalue weighted by Crippen LogP contribution is -2.15. The van der Waals surface area contributed by atoms with Gasteiger partial charge in [0.05, 0.1) is 10.7 Å². The highest BCUT2D eigenvalue weighted by atomic mass is 32.2. The maximum Gasteiger partial charge on any atom is 0.271 e. The molecule has 28 heavy (non-hydrogen) atoms. The fraction of sp³-hybridized carbons (Fsp3) is 0.278. The zero-order valence-electron chi connectivity index (χ0n) is 15.5. The Labute approximate surface area is 165 Å². The summed E-state index contributed by atoms with van der Waals surface area (Å²) in [6.45, 7) is 2.70. The molecule has 0 bridgehead atoms. The van der Waals surface area contributed by atoms with E-state index < -0.39 is 4.92 Å². The summed E-state index contributed by atoms with van der Waals surface area (Å²) in [5.41, 5.74) is 1.45. The number of nitro benzene ring substituents is 1. The lowest BCUT2D eigenvalue weighted by molar-refractivity contribution is -0.384. The van der Waals surface area contributed by atoms with Gasteiger partial charge in [-0.05, 0) is 25.1 Å². The topological polar surface area (TPSA) is 108 Å². The summed E-state index contributed by atoms with van der Waals surface area (Å²) in [5, 5.41) is 22.6. The first-order valence-electron chi connectivity index (χ1n) is 8.67. The third-order valence-electron chi connectivity index (χ3n) is 4.17. The molecule has 2 aromatic heterocycles. The Kier molecular flexibility index (Phi) is 6.09. The van der Waals surface area contributed by atoms with Crippen LogP contribution in [0.15, 0.2) is 47.8 Å². The van der Waals surface area contributed by atoms with E-state index in [2.05, 4.69) is 15.5 Å². The molecule has 3 rings (SSSR count). The number of aromatic nitrogens is 4. The molecule has 2 heterocycles. The van der Waals surface area contributed by atoms with Crippen LogP contribution in [0.25, 0.3) is 0 Å². The minimum atomic E-state index is -0.498. The second-order valence-electron chi connectivity index (χ2n) is 6.07. The molecule has 0 saturated carbocycles. The Morgan fingerprint density at radius 1 is 1.29 bits per heavy atom. The average molecular weight is 400 g/mol. The van der Waals surface area contributed by atoms with Crippen LogP contribution >= 0.6 is 11.8 Å². The minimum Gasteiger partial charge on any atom is -0.354 e. The van der Waals surface area contributed by atoms with Gasteiger partial charge in [-0.1, -0.05) is 17.8 Å². The Balaban J connectivity index is 1.62. The number of hydrogen-bond donors (Lipinski definition) is 1. The van der Waals surface area contributed by atoms with Gasteiger partial charge in [-0.15, -0.1) is 10.2 Å². The summed E-state index contributed by atoms with van der Waals surface area (Å²) in [6.07, 6.45) is 2.64. The van der Waals surface area contributed by atoms with Crippen LogP contribution in [0.5, 0.6) is 0 Å². The van der Waals surface area contributed by atoms with Crippen molar-refractivity contribution >= 4 is 29.0 Å². The molecular weight excluding hydrogens is 380 g/mol. The van der Waals surface area contributed by atoms with E-state index >= 15 is 0 Å². The number of thioether (sulfide) groups is 1. The first kappa shape index (κ1) is 19.6. The minimum absolute atomic E-state index is 0.0681. The number of carbonyl (C=O) groups excluding carboxylic acids is 1. The predicted octanol–water partition coefficient (Wildman–Crippen LogP) is 2.87. The average Bonchev–Trinajstić information content (AvgIpc) is 3.26. The van der Waals surface area contributed by atoms with Crippen LogP contribution in [-0.2, 0) is 24.8 Å². The standard InChI is InChI=1S/C18H20N6O3S/c1-3-23-16(11-14-8-5-9-22(14)2)20-21-18(23)28-12-17(25)19-13-6-4-7-15(10-13)24(26)27/h4-10H,3,11-12H2,1-2H3,(H,19,25). The number of nitro groups is 1. The number of amides is 1. The Bertz CT molecular complexity index is 997. The van der Waals surface area contributed by atoms with Crippen LogP contribution in [0.4, 0.5) is 11.4 Å². The molecule has 0 atom stereocenters.